The van der Waals surface area contributed by atoms with Crippen LogP contribution in [-0.4, -0.2) is 16.1 Å². The minimum Gasteiger partial charge on any atom is -0.543 e. The van der Waals surface area contributed by atoms with Crippen molar-refractivity contribution < 1.29 is 33.9 Å². The number of carbonyl (C=O) groups is 1. The second-order valence-electron chi connectivity index (χ2n) is 3.92. The maximum absolute atomic E-state index is 10.7. The minimum atomic E-state index is -1.29. The van der Waals surface area contributed by atoms with Crippen molar-refractivity contribution in [3.63, 3.8) is 0 Å². The molecule has 1 unspecified atom stereocenters. The molecule has 5 heteroatoms. The standard InChI is InChI=1S/C11H13NO3.Li/c1-6-2-3-8-7(5-13)4-9(11(14)15)12-10(6)8;/h4,6,13H,2-3,5H2,1H3,(H,14,15);/q;+1/p-1. The van der Waals surface area contributed by atoms with Crippen LogP contribution in [0.1, 0.15) is 46.6 Å². The Labute approximate surface area is 106 Å². The van der Waals surface area contributed by atoms with E-state index in [9.17, 15) is 9.90 Å². The van der Waals surface area contributed by atoms with E-state index < -0.39 is 5.97 Å². The van der Waals surface area contributed by atoms with Gasteiger partial charge in [0, 0.05) is 5.69 Å². The Hall–Kier alpha value is -0.823. The number of hydrogen-bond donors (Lipinski definition) is 1. The first-order valence-electron chi connectivity index (χ1n) is 4.98. The zero-order valence-corrected chi connectivity index (χ0v) is 9.49. The number of hydrogen-bond acceptors (Lipinski definition) is 4. The SMILES string of the molecule is CC1CCc2c(CO)cc(C(=O)[O-])nc21.[Li+]. The second kappa shape index (κ2) is 5.01. The van der Waals surface area contributed by atoms with Crippen LogP contribution in [0.5, 0.6) is 0 Å². The number of carboxylic acid groups (broad SMARTS) is 1. The smallest absolute Gasteiger partial charge is 0.543 e. The number of aromatic nitrogens is 1. The first-order chi connectivity index (χ1) is 7.13. The summed E-state index contributed by atoms with van der Waals surface area (Å²) in [6.07, 6.45) is 1.83. The van der Waals surface area contributed by atoms with E-state index in [1.807, 2.05) is 6.92 Å². The van der Waals surface area contributed by atoms with Gasteiger partial charge in [-0.25, -0.2) is 0 Å². The third-order valence-electron chi connectivity index (χ3n) is 2.92. The fourth-order valence-electron chi connectivity index (χ4n) is 2.09. The summed E-state index contributed by atoms with van der Waals surface area (Å²) < 4.78 is 0. The molecule has 1 atom stereocenters. The summed E-state index contributed by atoms with van der Waals surface area (Å²) >= 11 is 0. The third kappa shape index (κ3) is 2.15. The number of carboxylic acids is 1. The van der Waals surface area contributed by atoms with Crippen molar-refractivity contribution in [2.75, 3.05) is 0 Å². The molecule has 0 saturated heterocycles. The predicted molar refractivity (Wildman–Crippen MR) is 51.2 cm³/mol. The first kappa shape index (κ1) is 13.2. The van der Waals surface area contributed by atoms with Crippen molar-refractivity contribution in [2.45, 2.75) is 32.3 Å². The fraction of sp³-hybridized carbons (Fsp3) is 0.455. The van der Waals surface area contributed by atoms with E-state index in [-0.39, 0.29) is 37.1 Å². The largest absolute Gasteiger partial charge is 1.00 e. The topological polar surface area (TPSA) is 73.2 Å². The summed E-state index contributed by atoms with van der Waals surface area (Å²) in [6, 6.07) is 1.41. The molecular formula is C11H12LiNO3. The zero-order valence-electron chi connectivity index (χ0n) is 9.49. The van der Waals surface area contributed by atoms with Gasteiger partial charge in [0.15, 0.2) is 0 Å². The average Bonchev–Trinajstić information content (AvgIpc) is 2.59. The molecule has 0 radical (unpaired) electrons. The Morgan fingerprint density at radius 3 is 2.94 bits per heavy atom. The van der Waals surface area contributed by atoms with E-state index in [4.69, 9.17) is 5.11 Å². The fourth-order valence-corrected chi connectivity index (χ4v) is 2.09. The van der Waals surface area contributed by atoms with Crippen LogP contribution < -0.4 is 24.0 Å². The Morgan fingerprint density at radius 1 is 1.69 bits per heavy atom. The molecule has 0 spiro atoms. The molecule has 1 heterocycles. The van der Waals surface area contributed by atoms with Gasteiger partial charge in [-0.3, -0.25) is 4.98 Å². The van der Waals surface area contributed by atoms with E-state index in [1.54, 1.807) is 0 Å². The van der Waals surface area contributed by atoms with Gasteiger partial charge in [0.1, 0.15) is 0 Å². The first-order valence-corrected chi connectivity index (χ1v) is 4.98. The normalized spacial score (nSPS) is 17.8. The van der Waals surface area contributed by atoms with Crippen LogP contribution in [-0.2, 0) is 13.0 Å². The van der Waals surface area contributed by atoms with Crippen LogP contribution in [0.2, 0.25) is 0 Å². The number of nitrogens with zero attached hydrogens (tertiary/aromatic N) is 1. The molecule has 80 valence electrons. The molecule has 1 aromatic rings. The van der Waals surface area contributed by atoms with E-state index in [1.165, 1.54) is 6.07 Å². The van der Waals surface area contributed by atoms with Crippen molar-refractivity contribution >= 4 is 5.97 Å². The monoisotopic (exact) mass is 213 g/mol. The summed E-state index contributed by atoms with van der Waals surface area (Å²) in [6.45, 7) is 1.87. The molecule has 1 aromatic heterocycles. The number of aliphatic hydroxyl groups is 1. The quantitative estimate of drug-likeness (QED) is 0.531. The molecule has 0 amide bonds. The van der Waals surface area contributed by atoms with Crippen molar-refractivity contribution in [3.8, 4) is 0 Å². The second-order valence-corrected chi connectivity index (χ2v) is 3.92. The molecule has 0 fully saturated rings. The van der Waals surface area contributed by atoms with Gasteiger partial charge in [-0.15, -0.1) is 0 Å². The van der Waals surface area contributed by atoms with Gasteiger partial charge in [-0.2, -0.15) is 0 Å². The molecule has 0 bridgehead atoms. The molecule has 16 heavy (non-hydrogen) atoms. The maximum atomic E-state index is 10.7. The van der Waals surface area contributed by atoms with Crippen molar-refractivity contribution in [2.24, 2.45) is 0 Å². The van der Waals surface area contributed by atoms with E-state index in [0.717, 1.165) is 24.1 Å². The van der Waals surface area contributed by atoms with E-state index in [2.05, 4.69) is 4.98 Å². The van der Waals surface area contributed by atoms with Crippen LogP contribution in [0.15, 0.2) is 6.07 Å². The van der Waals surface area contributed by atoms with Gasteiger partial charge in [0.2, 0.25) is 0 Å². The van der Waals surface area contributed by atoms with Crippen molar-refractivity contribution in [1.82, 2.24) is 4.98 Å². The van der Waals surface area contributed by atoms with Gasteiger partial charge in [0.05, 0.1) is 18.3 Å². The molecule has 2 rings (SSSR count). The molecule has 4 nitrogen and oxygen atoms in total. The number of fused-ring (bicyclic) bond motifs is 1. The Kier molecular flexibility index (Phi) is 4.14. The van der Waals surface area contributed by atoms with Crippen LogP contribution in [0.3, 0.4) is 0 Å². The number of aromatic carboxylic acids is 1. The van der Waals surface area contributed by atoms with Gasteiger partial charge >= 0.3 is 18.9 Å². The number of aliphatic hydroxyl groups excluding tert-OH is 1. The van der Waals surface area contributed by atoms with Gasteiger partial charge in [0.25, 0.3) is 0 Å². The van der Waals surface area contributed by atoms with Crippen LogP contribution in [0.4, 0.5) is 0 Å². The third-order valence-corrected chi connectivity index (χ3v) is 2.92. The summed E-state index contributed by atoms with van der Waals surface area (Å²) in [5, 5.41) is 19.9. The summed E-state index contributed by atoms with van der Waals surface area (Å²) in [5.74, 6) is -1.02. The minimum absolute atomic E-state index is 0. The summed E-state index contributed by atoms with van der Waals surface area (Å²) in [4.78, 5) is 14.8. The zero-order chi connectivity index (χ0) is 11.0. The van der Waals surface area contributed by atoms with Gasteiger partial charge in [-0.05, 0) is 36.0 Å². The van der Waals surface area contributed by atoms with Gasteiger partial charge in [-0.1, -0.05) is 6.92 Å². The molecule has 0 aromatic carbocycles. The van der Waals surface area contributed by atoms with Crippen LogP contribution in [0.25, 0.3) is 0 Å². The van der Waals surface area contributed by atoms with Crippen LogP contribution >= 0.6 is 0 Å². The number of carbonyl (C=O) groups excluding carboxylic acids is 1. The van der Waals surface area contributed by atoms with Crippen molar-refractivity contribution in [1.29, 1.82) is 0 Å². The Bertz CT molecular complexity index is 420. The molecule has 1 aliphatic rings. The number of pyridine rings is 1. The van der Waals surface area contributed by atoms with Crippen molar-refractivity contribution in [3.05, 3.63) is 28.6 Å². The number of rotatable bonds is 2. The molecule has 1 aliphatic carbocycles. The summed E-state index contributed by atoms with van der Waals surface area (Å²) in [5.41, 5.74) is 2.41. The summed E-state index contributed by atoms with van der Waals surface area (Å²) in [7, 11) is 0. The molecular weight excluding hydrogens is 201 g/mol. The van der Waals surface area contributed by atoms with Gasteiger partial charge < -0.3 is 15.0 Å². The maximum Gasteiger partial charge on any atom is 1.00 e. The molecule has 0 saturated carbocycles. The molecule has 1 N–H and O–H groups in total. The Balaban J connectivity index is 0.00000128. The van der Waals surface area contributed by atoms with E-state index >= 15 is 0 Å². The van der Waals surface area contributed by atoms with E-state index in [0.29, 0.717) is 5.56 Å². The Morgan fingerprint density at radius 2 is 2.38 bits per heavy atom. The van der Waals surface area contributed by atoms with Crippen LogP contribution in [0, 0.1) is 0 Å². The predicted octanol–water partition coefficient (Wildman–Crippen LogP) is -3.01. The average molecular weight is 213 g/mol. The molecule has 0 aliphatic heterocycles.